The summed E-state index contributed by atoms with van der Waals surface area (Å²) in [5.41, 5.74) is 0.988. The van der Waals surface area contributed by atoms with Gasteiger partial charge in [-0.1, -0.05) is 41.6 Å². The van der Waals surface area contributed by atoms with E-state index in [2.05, 4.69) is 4.98 Å². The predicted octanol–water partition coefficient (Wildman–Crippen LogP) is 5.35. The van der Waals surface area contributed by atoms with E-state index in [9.17, 15) is 9.18 Å². The van der Waals surface area contributed by atoms with E-state index in [1.165, 1.54) is 28.5 Å². The molecule has 0 aliphatic rings. The van der Waals surface area contributed by atoms with Gasteiger partial charge in [0, 0.05) is 10.8 Å². The fourth-order valence-electron chi connectivity index (χ4n) is 2.88. The van der Waals surface area contributed by atoms with Gasteiger partial charge in [0.15, 0.2) is 5.16 Å². The van der Waals surface area contributed by atoms with Crippen molar-refractivity contribution in [2.75, 3.05) is 12.4 Å². The fourth-order valence-corrected chi connectivity index (χ4v) is 3.89. The van der Waals surface area contributed by atoms with Crippen LogP contribution in [0.2, 0.25) is 5.02 Å². The Balaban J connectivity index is 1.62. The minimum Gasteiger partial charge on any atom is -0.493 e. The van der Waals surface area contributed by atoms with Gasteiger partial charge in [-0.25, -0.2) is 9.37 Å². The van der Waals surface area contributed by atoms with Crippen LogP contribution >= 0.6 is 23.4 Å². The van der Waals surface area contributed by atoms with Crippen LogP contribution in [0.5, 0.6) is 5.75 Å². The zero-order valence-corrected chi connectivity index (χ0v) is 16.8. The van der Waals surface area contributed by atoms with Gasteiger partial charge in [-0.3, -0.25) is 9.36 Å². The molecular formula is C22H16ClFN2O2S. The Morgan fingerprint density at radius 1 is 1.03 bits per heavy atom. The highest BCUT2D eigenvalue weighted by molar-refractivity contribution is 7.99. The molecule has 0 saturated carbocycles. The largest absolute Gasteiger partial charge is 0.493 e. The van der Waals surface area contributed by atoms with Crippen molar-refractivity contribution >= 4 is 34.3 Å². The molecule has 0 N–H and O–H groups in total. The van der Waals surface area contributed by atoms with Crippen molar-refractivity contribution in [2.24, 2.45) is 0 Å². The van der Waals surface area contributed by atoms with E-state index in [0.717, 1.165) is 0 Å². The van der Waals surface area contributed by atoms with Crippen LogP contribution < -0.4 is 10.3 Å². The van der Waals surface area contributed by atoms with Crippen molar-refractivity contribution in [3.05, 3.63) is 94.0 Å². The second-order valence-corrected chi connectivity index (χ2v) is 7.68. The second kappa shape index (κ2) is 8.68. The normalized spacial score (nSPS) is 11.0. The van der Waals surface area contributed by atoms with Crippen molar-refractivity contribution in [2.45, 2.75) is 5.16 Å². The summed E-state index contributed by atoms with van der Waals surface area (Å²) in [5.74, 6) is 0.888. The monoisotopic (exact) mass is 426 g/mol. The third-order valence-corrected chi connectivity index (χ3v) is 5.35. The van der Waals surface area contributed by atoms with Gasteiger partial charge in [-0.2, -0.15) is 0 Å². The minimum atomic E-state index is -0.361. The summed E-state index contributed by atoms with van der Waals surface area (Å²) in [4.78, 5) is 17.7. The maximum Gasteiger partial charge on any atom is 0.266 e. The molecule has 0 fully saturated rings. The lowest BCUT2D eigenvalue weighted by molar-refractivity contribution is 0.344. The molecule has 4 aromatic rings. The van der Waals surface area contributed by atoms with E-state index in [1.807, 2.05) is 18.2 Å². The van der Waals surface area contributed by atoms with Crippen LogP contribution in [-0.4, -0.2) is 21.9 Å². The molecule has 4 rings (SSSR count). The van der Waals surface area contributed by atoms with Gasteiger partial charge >= 0.3 is 0 Å². The molecule has 0 saturated heterocycles. The third kappa shape index (κ3) is 4.44. The van der Waals surface area contributed by atoms with E-state index in [0.29, 0.717) is 44.9 Å². The summed E-state index contributed by atoms with van der Waals surface area (Å²) in [6.45, 7) is 0.414. The number of rotatable bonds is 6. The average molecular weight is 427 g/mol. The van der Waals surface area contributed by atoms with E-state index in [1.54, 1.807) is 42.5 Å². The highest BCUT2D eigenvalue weighted by atomic mass is 35.5. The lowest BCUT2D eigenvalue weighted by atomic mass is 10.2. The molecule has 4 nitrogen and oxygen atoms in total. The van der Waals surface area contributed by atoms with Gasteiger partial charge in [-0.15, -0.1) is 0 Å². The standard InChI is InChI=1S/C22H16ClFN2O2S/c23-15-4-3-5-18(14-15)28-12-13-29-22-25-20-7-2-1-6-19(20)21(27)26(22)17-10-8-16(24)9-11-17/h1-11,14H,12-13H2. The topological polar surface area (TPSA) is 44.1 Å². The van der Waals surface area contributed by atoms with Crippen LogP contribution in [0.3, 0.4) is 0 Å². The Morgan fingerprint density at radius 3 is 2.62 bits per heavy atom. The molecule has 0 unspecified atom stereocenters. The van der Waals surface area contributed by atoms with Crippen LogP contribution in [0.4, 0.5) is 4.39 Å². The molecule has 0 amide bonds. The lowest BCUT2D eigenvalue weighted by Crippen LogP contribution is -2.22. The van der Waals surface area contributed by atoms with Crippen LogP contribution in [0.1, 0.15) is 0 Å². The molecule has 146 valence electrons. The molecule has 29 heavy (non-hydrogen) atoms. The fraction of sp³-hybridized carbons (Fsp3) is 0.0909. The van der Waals surface area contributed by atoms with Crippen molar-refractivity contribution in [1.29, 1.82) is 0 Å². The van der Waals surface area contributed by atoms with Crippen molar-refractivity contribution in [3.8, 4) is 11.4 Å². The zero-order valence-electron chi connectivity index (χ0n) is 15.2. The molecule has 0 aliphatic carbocycles. The molecule has 0 bridgehead atoms. The number of hydrogen-bond acceptors (Lipinski definition) is 4. The van der Waals surface area contributed by atoms with E-state index in [-0.39, 0.29) is 11.4 Å². The highest BCUT2D eigenvalue weighted by Crippen LogP contribution is 2.22. The minimum absolute atomic E-state index is 0.194. The van der Waals surface area contributed by atoms with Crippen molar-refractivity contribution < 1.29 is 9.13 Å². The zero-order chi connectivity index (χ0) is 20.2. The first-order valence-electron chi connectivity index (χ1n) is 8.91. The number of hydrogen-bond donors (Lipinski definition) is 0. The Hall–Kier alpha value is -2.83. The number of benzene rings is 3. The van der Waals surface area contributed by atoms with Crippen molar-refractivity contribution in [3.63, 3.8) is 0 Å². The SMILES string of the molecule is O=c1c2ccccc2nc(SCCOc2cccc(Cl)c2)n1-c1ccc(F)cc1. The summed E-state index contributed by atoms with van der Waals surface area (Å²) in [7, 11) is 0. The number of fused-ring (bicyclic) bond motifs is 1. The highest BCUT2D eigenvalue weighted by Gasteiger charge is 2.13. The summed E-state index contributed by atoms with van der Waals surface area (Å²) < 4.78 is 20.6. The maximum atomic E-state index is 13.4. The molecule has 1 heterocycles. The molecule has 7 heteroatoms. The summed E-state index contributed by atoms with van der Waals surface area (Å²) >= 11 is 7.36. The summed E-state index contributed by atoms with van der Waals surface area (Å²) in [6, 6.07) is 20.2. The number of thioether (sulfide) groups is 1. The van der Waals surface area contributed by atoms with Crippen LogP contribution in [0.15, 0.2) is 82.7 Å². The van der Waals surface area contributed by atoms with Crippen LogP contribution in [0, 0.1) is 5.82 Å². The van der Waals surface area contributed by atoms with E-state index < -0.39 is 0 Å². The Kier molecular flexibility index (Phi) is 5.83. The number of para-hydroxylation sites is 1. The summed E-state index contributed by atoms with van der Waals surface area (Å²) in [5, 5.41) is 1.64. The van der Waals surface area contributed by atoms with Crippen LogP contribution in [-0.2, 0) is 0 Å². The van der Waals surface area contributed by atoms with Gasteiger partial charge < -0.3 is 4.74 Å². The number of ether oxygens (including phenoxy) is 1. The maximum absolute atomic E-state index is 13.4. The number of halogens is 2. The van der Waals surface area contributed by atoms with Crippen LogP contribution in [0.25, 0.3) is 16.6 Å². The quantitative estimate of drug-likeness (QED) is 0.237. The van der Waals surface area contributed by atoms with Gasteiger partial charge in [0.2, 0.25) is 0 Å². The van der Waals surface area contributed by atoms with Gasteiger partial charge in [0.05, 0.1) is 23.2 Å². The molecular weight excluding hydrogens is 411 g/mol. The first kappa shape index (κ1) is 19.5. The second-order valence-electron chi connectivity index (χ2n) is 6.18. The average Bonchev–Trinajstić information content (AvgIpc) is 2.72. The Bertz CT molecular complexity index is 1210. The first-order chi connectivity index (χ1) is 14.1. The smallest absolute Gasteiger partial charge is 0.266 e. The predicted molar refractivity (Wildman–Crippen MR) is 115 cm³/mol. The van der Waals surface area contributed by atoms with Gasteiger partial charge in [-0.05, 0) is 54.6 Å². The Morgan fingerprint density at radius 2 is 1.83 bits per heavy atom. The molecule has 0 aliphatic heterocycles. The molecule has 1 aromatic heterocycles. The summed E-state index contributed by atoms with van der Waals surface area (Å²) in [6.07, 6.45) is 0. The van der Waals surface area contributed by atoms with E-state index in [4.69, 9.17) is 16.3 Å². The molecule has 3 aromatic carbocycles. The van der Waals surface area contributed by atoms with Crippen molar-refractivity contribution in [1.82, 2.24) is 9.55 Å². The third-order valence-electron chi connectivity index (χ3n) is 4.21. The molecule has 0 radical (unpaired) electrons. The molecule has 0 spiro atoms. The lowest BCUT2D eigenvalue weighted by Gasteiger charge is -2.13. The number of aromatic nitrogens is 2. The Labute approximate surface area is 175 Å². The van der Waals surface area contributed by atoms with Gasteiger partial charge in [0.1, 0.15) is 11.6 Å². The number of nitrogens with zero attached hydrogens (tertiary/aromatic N) is 2. The van der Waals surface area contributed by atoms with E-state index >= 15 is 0 Å². The molecule has 0 atom stereocenters. The van der Waals surface area contributed by atoms with Gasteiger partial charge in [0.25, 0.3) is 5.56 Å². The first-order valence-corrected chi connectivity index (χ1v) is 10.3.